The van der Waals surface area contributed by atoms with Gasteiger partial charge in [-0.3, -0.25) is 9.10 Å². The summed E-state index contributed by atoms with van der Waals surface area (Å²) in [7, 11) is -3.53. The number of hydrogen-bond acceptors (Lipinski definition) is 6. The Hall–Kier alpha value is -3.37. The van der Waals surface area contributed by atoms with Crippen LogP contribution >= 0.6 is 11.8 Å². The van der Waals surface area contributed by atoms with E-state index in [9.17, 15) is 13.2 Å². The van der Waals surface area contributed by atoms with Gasteiger partial charge in [0, 0.05) is 17.6 Å². The Morgan fingerprint density at radius 1 is 1.00 bits per heavy atom. The molecule has 0 radical (unpaired) electrons. The molecular formula is C24H25N5O3S2. The summed E-state index contributed by atoms with van der Waals surface area (Å²) in [4.78, 5) is 12.7. The first-order chi connectivity index (χ1) is 16.4. The second kappa shape index (κ2) is 10.3. The first-order valence-electron chi connectivity index (χ1n) is 10.7. The van der Waals surface area contributed by atoms with E-state index in [-0.39, 0.29) is 18.2 Å². The third kappa shape index (κ3) is 5.40. The lowest BCUT2D eigenvalue weighted by Crippen LogP contribution is -2.30. The van der Waals surface area contributed by atoms with Crippen molar-refractivity contribution in [2.45, 2.75) is 25.2 Å². The lowest BCUT2D eigenvalue weighted by molar-refractivity contribution is -0.113. The van der Waals surface area contributed by atoms with Gasteiger partial charge in [0.15, 0.2) is 11.0 Å². The number of aromatic nitrogens is 3. The lowest BCUT2D eigenvalue weighted by Gasteiger charge is -2.22. The molecule has 0 atom stereocenters. The van der Waals surface area contributed by atoms with Gasteiger partial charge in [-0.25, -0.2) is 8.42 Å². The van der Waals surface area contributed by atoms with Gasteiger partial charge in [-0.1, -0.05) is 66.4 Å². The summed E-state index contributed by atoms with van der Waals surface area (Å²) >= 11 is 1.26. The number of thioether (sulfide) groups is 1. The predicted octanol–water partition coefficient (Wildman–Crippen LogP) is 4.15. The van der Waals surface area contributed by atoms with Crippen molar-refractivity contribution >= 4 is 49.8 Å². The van der Waals surface area contributed by atoms with Crippen molar-refractivity contribution in [1.29, 1.82) is 0 Å². The van der Waals surface area contributed by atoms with Crippen molar-refractivity contribution < 1.29 is 13.2 Å². The standard InChI is InChI=1S/C24H25N5O3S2/c1-3-28-22(16-29(34(2,31)32)19-12-5-4-6-13-19)26-27-24(28)33-17-23(30)25-21-15-9-11-18-10-7-8-14-20(18)21/h4-15H,3,16-17H2,1-2H3,(H,25,30). The Bertz CT molecular complexity index is 1400. The molecule has 0 spiro atoms. The Morgan fingerprint density at radius 2 is 1.71 bits per heavy atom. The first-order valence-corrected chi connectivity index (χ1v) is 13.6. The number of amides is 1. The maximum absolute atomic E-state index is 12.7. The van der Waals surface area contributed by atoms with Crippen LogP contribution in [0.2, 0.25) is 0 Å². The predicted molar refractivity (Wildman–Crippen MR) is 136 cm³/mol. The number of nitrogens with one attached hydrogen (secondary N) is 1. The Morgan fingerprint density at radius 3 is 2.44 bits per heavy atom. The highest BCUT2D eigenvalue weighted by Crippen LogP contribution is 2.25. The molecule has 1 N–H and O–H groups in total. The summed E-state index contributed by atoms with van der Waals surface area (Å²) in [5.74, 6) is 0.500. The second-order valence-electron chi connectivity index (χ2n) is 7.61. The van der Waals surface area contributed by atoms with Crippen molar-refractivity contribution in [3.8, 4) is 0 Å². The van der Waals surface area contributed by atoms with E-state index in [0.717, 1.165) is 16.5 Å². The molecule has 4 rings (SSSR count). The van der Waals surface area contributed by atoms with E-state index >= 15 is 0 Å². The molecule has 1 aromatic heterocycles. The van der Waals surface area contributed by atoms with Gasteiger partial charge in [-0.05, 0) is 30.5 Å². The highest BCUT2D eigenvalue weighted by Gasteiger charge is 2.22. The number of sulfonamides is 1. The SMILES string of the molecule is CCn1c(CN(c2ccccc2)S(C)(=O)=O)nnc1SCC(=O)Nc1cccc2ccccc12. The molecule has 0 aliphatic heterocycles. The van der Waals surface area contributed by atoms with E-state index in [1.165, 1.54) is 22.3 Å². The second-order valence-corrected chi connectivity index (χ2v) is 10.5. The van der Waals surface area contributed by atoms with Gasteiger partial charge in [-0.15, -0.1) is 10.2 Å². The summed E-state index contributed by atoms with van der Waals surface area (Å²) in [6.07, 6.45) is 1.17. The summed E-state index contributed by atoms with van der Waals surface area (Å²) in [5, 5.41) is 14.0. The molecule has 0 fully saturated rings. The van der Waals surface area contributed by atoms with Crippen molar-refractivity contribution in [1.82, 2.24) is 14.8 Å². The molecule has 4 aromatic rings. The third-order valence-electron chi connectivity index (χ3n) is 5.24. The van der Waals surface area contributed by atoms with Crippen molar-refractivity contribution in [3.05, 3.63) is 78.6 Å². The summed E-state index contributed by atoms with van der Waals surface area (Å²) in [6.45, 7) is 2.52. The fourth-order valence-corrected chi connectivity index (χ4v) is 5.31. The smallest absolute Gasteiger partial charge is 0.234 e. The van der Waals surface area contributed by atoms with Crippen molar-refractivity contribution in [2.24, 2.45) is 0 Å². The van der Waals surface area contributed by atoms with Gasteiger partial charge in [0.2, 0.25) is 15.9 Å². The van der Waals surface area contributed by atoms with Crippen LogP contribution in [0.1, 0.15) is 12.7 Å². The van der Waals surface area contributed by atoms with Crippen LogP contribution in [0.4, 0.5) is 11.4 Å². The fourth-order valence-electron chi connectivity index (χ4n) is 3.63. The van der Waals surface area contributed by atoms with E-state index in [1.807, 2.05) is 60.0 Å². The Balaban J connectivity index is 1.47. The van der Waals surface area contributed by atoms with Crippen LogP contribution in [-0.4, -0.2) is 41.1 Å². The molecule has 0 aliphatic rings. The van der Waals surface area contributed by atoms with Gasteiger partial charge in [0.1, 0.15) is 0 Å². The number of nitrogens with zero attached hydrogens (tertiary/aromatic N) is 4. The number of anilines is 2. The van der Waals surface area contributed by atoms with E-state index in [0.29, 0.717) is 23.2 Å². The summed E-state index contributed by atoms with van der Waals surface area (Å²) in [6, 6.07) is 22.5. The number of hydrogen-bond donors (Lipinski definition) is 1. The molecule has 0 aliphatic carbocycles. The van der Waals surface area contributed by atoms with E-state index in [1.54, 1.807) is 24.3 Å². The van der Waals surface area contributed by atoms with Gasteiger partial charge >= 0.3 is 0 Å². The minimum absolute atomic E-state index is 0.0481. The highest BCUT2D eigenvalue weighted by molar-refractivity contribution is 7.99. The average Bonchev–Trinajstić information content (AvgIpc) is 3.23. The number of para-hydroxylation sites is 1. The molecule has 10 heteroatoms. The summed E-state index contributed by atoms with van der Waals surface area (Å²) < 4.78 is 28.0. The van der Waals surface area contributed by atoms with Crippen LogP contribution in [-0.2, 0) is 27.9 Å². The minimum atomic E-state index is -3.53. The third-order valence-corrected chi connectivity index (χ3v) is 7.34. The molecule has 0 saturated heterocycles. The molecule has 0 unspecified atom stereocenters. The zero-order valence-corrected chi connectivity index (χ0v) is 20.5. The number of carbonyl (C=O) groups excluding carboxylic acids is 1. The maximum atomic E-state index is 12.7. The molecule has 34 heavy (non-hydrogen) atoms. The van der Waals surface area contributed by atoms with Crippen LogP contribution < -0.4 is 9.62 Å². The van der Waals surface area contributed by atoms with Crippen molar-refractivity contribution in [2.75, 3.05) is 21.6 Å². The zero-order chi connectivity index (χ0) is 24.1. The number of rotatable bonds is 9. The normalized spacial score (nSPS) is 11.5. The van der Waals surface area contributed by atoms with E-state index in [4.69, 9.17) is 0 Å². The zero-order valence-electron chi connectivity index (χ0n) is 18.9. The van der Waals surface area contributed by atoms with Crippen LogP contribution in [0.5, 0.6) is 0 Å². The lowest BCUT2D eigenvalue weighted by atomic mass is 10.1. The van der Waals surface area contributed by atoms with Gasteiger partial charge in [-0.2, -0.15) is 0 Å². The molecule has 8 nitrogen and oxygen atoms in total. The van der Waals surface area contributed by atoms with Gasteiger partial charge in [0.25, 0.3) is 0 Å². The summed E-state index contributed by atoms with van der Waals surface area (Å²) in [5.41, 5.74) is 1.31. The number of carbonyl (C=O) groups is 1. The molecule has 1 heterocycles. The monoisotopic (exact) mass is 495 g/mol. The van der Waals surface area contributed by atoms with Gasteiger partial charge < -0.3 is 9.88 Å². The molecule has 176 valence electrons. The molecule has 0 bridgehead atoms. The first kappa shape index (κ1) is 23.8. The van der Waals surface area contributed by atoms with Crippen molar-refractivity contribution in [3.63, 3.8) is 0 Å². The number of fused-ring (bicyclic) bond motifs is 1. The van der Waals surface area contributed by atoms with E-state index < -0.39 is 10.0 Å². The minimum Gasteiger partial charge on any atom is -0.325 e. The topological polar surface area (TPSA) is 97.2 Å². The largest absolute Gasteiger partial charge is 0.325 e. The average molecular weight is 496 g/mol. The highest BCUT2D eigenvalue weighted by atomic mass is 32.2. The molecule has 3 aromatic carbocycles. The molecule has 0 saturated carbocycles. The van der Waals surface area contributed by atoms with E-state index in [2.05, 4.69) is 15.5 Å². The Labute approximate surface area is 203 Å². The fraction of sp³-hybridized carbons (Fsp3) is 0.208. The van der Waals surface area contributed by atoms with Crippen LogP contribution in [0.3, 0.4) is 0 Å². The quantitative estimate of drug-likeness (QED) is 0.351. The number of benzene rings is 3. The molecule has 1 amide bonds. The van der Waals surface area contributed by atoms with Gasteiger partial charge in [0.05, 0.1) is 24.2 Å². The van der Waals surface area contributed by atoms with Crippen LogP contribution in [0.25, 0.3) is 10.8 Å². The van der Waals surface area contributed by atoms with Crippen LogP contribution in [0, 0.1) is 0 Å². The molecular weight excluding hydrogens is 470 g/mol. The maximum Gasteiger partial charge on any atom is 0.234 e. The van der Waals surface area contributed by atoms with Crippen LogP contribution in [0.15, 0.2) is 78.0 Å². The Kier molecular flexibility index (Phi) is 7.18.